The lowest BCUT2D eigenvalue weighted by molar-refractivity contribution is -0.115. The number of carbonyl (C=O) groups is 1. The lowest BCUT2D eigenvalue weighted by Crippen LogP contribution is -2.14. The molecule has 0 saturated heterocycles. The first-order valence-corrected chi connectivity index (χ1v) is 10.4. The third-order valence-electron chi connectivity index (χ3n) is 3.91. The summed E-state index contributed by atoms with van der Waals surface area (Å²) in [5.41, 5.74) is 2.53. The Balaban J connectivity index is 1.54. The van der Waals surface area contributed by atoms with Crippen molar-refractivity contribution in [3.8, 4) is 17.6 Å². The van der Waals surface area contributed by atoms with E-state index in [1.54, 1.807) is 38.5 Å². The normalized spacial score (nSPS) is 10.2. The number of ether oxygens (including phenoxy) is 2. The SMILES string of the molecule is COc1ccc(CC(=O)Nc2nnc(SCc3ccc(C#N)cc3)s2)cc1OC. The highest BCUT2D eigenvalue weighted by molar-refractivity contribution is 8.00. The highest BCUT2D eigenvalue weighted by Gasteiger charge is 2.12. The summed E-state index contributed by atoms with van der Waals surface area (Å²) in [6.45, 7) is 0. The summed E-state index contributed by atoms with van der Waals surface area (Å²) >= 11 is 2.85. The lowest BCUT2D eigenvalue weighted by atomic mass is 10.1. The second-order valence-electron chi connectivity index (χ2n) is 5.88. The number of anilines is 1. The van der Waals surface area contributed by atoms with Crippen LogP contribution >= 0.6 is 23.1 Å². The maximum absolute atomic E-state index is 12.3. The van der Waals surface area contributed by atoms with Crippen LogP contribution < -0.4 is 14.8 Å². The Labute approximate surface area is 176 Å². The van der Waals surface area contributed by atoms with Crippen LogP contribution in [-0.4, -0.2) is 30.3 Å². The standard InChI is InChI=1S/C20H18N4O3S2/c1-26-16-8-7-15(9-17(16)27-2)10-18(25)22-19-23-24-20(29-19)28-12-14-5-3-13(11-21)4-6-14/h3-9H,10,12H2,1-2H3,(H,22,23,25). The number of benzene rings is 2. The van der Waals surface area contributed by atoms with Crippen LogP contribution in [0, 0.1) is 11.3 Å². The number of thioether (sulfide) groups is 1. The maximum atomic E-state index is 12.3. The minimum absolute atomic E-state index is 0.183. The van der Waals surface area contributed by atoms with Crippen LogP contribution in [0.2, 0.25) is 0 Å². The van der Waals surface area contributed by atoms with Gasteiger partial charge >= 0.3 is 0 Å². The van der Waals surface area contributed by atoms with E-state index in [1.807, 2.05) is 18.2 Å². The van der Waals surface area contributed by atoms with E-state index in [1.165, 1.54) is 23.1 Å². The summed E-state index contributed by atoms with van der Waals surface area (Å²) in [5.74, 6) is 1.72. The van der Waals surface area contributed by atoms with Crippen LogP contribution in [-0.2, 0) is 17.0 Å². The van der Waals surface area contributed by atoms with Crippen LogP contribution in [0.3, 0.4) is 0 Å². The van der Waals surface area contributed by atoms with E-state index in [0.29, 0.717) is 27.9 Å². The van der Waals surface area contributed by atoms with Crippen LogP contribution in [0.15, 0.2) is 46.8 Å². The van der Waals surface area contributed by atoms with Crippen molar-refractivity contribution in [2.75, 3.05) is 19.5 Å². The smallest absolute Gasteiger partial charge is 0.230 e. The summed E-state index contributed by atoms with van der Waals surface area (Å²) in [6, 6.07) is 14.9. The number of nitrogens with one attached hydrogen (secondary N) is 1. The Kier molecular flexibility index (Phi) is 7.05. The van der Waals surface area contributed by atoms with Gasteiger partial charge in [-0.05, 0) is 35.4 Å². The van der Waals surface area contributed by atoms with E-state index in [2.05, 4.69) is 21.6 Å². The van der Waals surface area contributed by atoms with Gasteiger partial charge in [-0.15, -0.1) is 10.2 Å². The molecule has 1 N–H and O–H groups in total. The number of nitrogens with zero attached hydrogens (tertiary/aromatic N) is 3. The molecule has 0 atom stereocenters. The van der Waals surface area contributed by atoms with E-state index in [9.17, 15) is 4.79 Å². The van der Waals surface area contributed by atoms with E-state index in [0.717, 1.165) is 15.5 Å². The number of aromatic nitrogens is 2. The first-order valence-electron chi connectivity index (χ1n) is 8.57. The number of nitriles is 1. The molecule has 0 aliphatic rings. The summed E-state index contributed by atoms with van der Waals surface area (Å²) in [5, 5.41) is 20.2. The van der Waals surface area contributed by atoms with Gasteiger partial charge in [-0.25, -0.2) is 0 Å². The molecule has 0 saturated carbocycles. The van der Waals surface area contributed by atoms with Gasteiger partial charge in [0.15, 0.2) is 15.8 Å². The summed E-state index contributed by atoms with van der Waals surface area (Å²) < 4.78 is 11.2. The van der Waals surface area contributed by atoms with Crippen molar-refractivity contribution in [2.24, 2.45) is 0 Å². The molecular weight excluding hydrogens is 408 g/mol. The van der Waals surface area contributed by atoms with Crippen molar-refractivity contribution in [3.05, 3.63) is 59.2 Å². The average molecular weight is 427 g/mol. The Morgan fingerprint density at radius 1 is 1.10 bits per heavy atom. The van der Waals surface area contributed by atoms with Gasteiger partial charge in [-0.1, -0.05) is 41.3 Å². The number of carbonyl (C=O) groups excluding carboxylic acids is 1. The zero-order chi connectivity index (χ0) is 20.6. The summed E-state index contributed by atoms with van der Waals surface area (Å²) in [6.07, 6.45) is 0.188. The molecule has 0 unspecified atom stereocenters. The van der Waals surface area contributed by atoms with Crippen LogP contribution in [0.5, 0.6) is 11.5 Å². The van der Waals surface area contributed by atoms with Crippen molar-refractivity contribution in [2.45, 2.75) is 16.5 Å². The van der Waals surface area contributed by atoms with Gasteiger partial charge in [-0.2, -0.15) is 5.26 Å². The monoisotopic (exact) mass is 426 g/mol. The number of methoxy groups -OCH3 is 2. The Morgan fingerprint density at radius 2 is 1.83 bits per heavy atom. The van der Waals surface area contributed by atoms with E-state index < -0.39 is 0 Å². The third kappa shape index (κ3) is 5.70. The molecule has 1 heterocycles. The first kappa shape index (κ1) is 20.6. The fourth-order valence-electron chi connectivity index (χ4n) is 2.48. The van der Waals surface area contributed by atoms with E-state index in [-0.39, 0.29) is 12.3 Å². The highest BCUT2D eigenvalue weighted by atomic mass is 32.2. The predicted molar refractivity (Wildman–Crippen MR) is 113 cm³/mol. The second kappa shape index (κ2) is 9.91. The topological polar surface area (TPSA) is 97.1 Å². The molecule has 1 amide bonds. The fraction of sp³-hybridized carbons (Fsp3) is 0.200. The van der Waals surface area contributed by atoms with Gasteiger partial charge in [0.05, 0.1) is 32.3 Å². The zero-order valence-corrected chi connectivity index (χ0v) is 17.5. The Bertz CT molecular complexity index is 1030. The number of hydrogen-bond donors (Lipinski definition) is 1. The molecule has 148 valence electrons. The van der Waals surface area contributed by atoms with Gasteiger partial charge in [-0.3, -0.25) is 4.79 Å². The molecule has 0 aliphatic heterocycles. The molecule has 3 aromatic rings. The highest BCUT2D eigenvalue weighted by Crippen LogP contribution is 2.29. The summed E-state index contributed by atoms with van der Waals surface area (Å²) in [4.78, 5) is 12.3. The number of hydrogen-bond acceptors (Lipinski definition) is 8. The van der Waals surface area contributed by atoms with Crippen molar-refractivity contribution in [1.29, 1.82) is 5.26 Å². The minimum Gasteiger partial charge on any atom is -0.493 e. The molecule has 7 nitrogen and oxygen atoms in total. The molecule has 0 bridgehead atoms. The number of rotatable bonds is 8. The first-order chi connectivity index (χ1) is 14.1. The maximum Gasteiger partial charge on any atom is 0.230 e. The minimum atomic E-state index is -0.183. The predicted octanol–water partition coefficient (Wildman–Crippen LogP) is 3.90. The molecule has 0 radical (unpaired) electrons. The lowest BCUT2D eigenvalue weighted by Gasteiger charge is -2.09. The quantitative estimate of drug-likeness (QED) is 0.431. The van der Waals surface area contributed by atoms with Crippen LogP contribution in [0.1, 0.15) is 16.7 Å². The molecular formula is C20H18N4O3S2. The molecule has 1 aromatic heterocycles. The van der Waals surface area contributed by atoms with Crippen molar-refractivity contribution >= 4 is 34.1 Å². The molecule has 0 fully saturated rings. The van der Waals surface area contributed by atoms with Crippen molar-refractivity contribution in [1.82, 2.24) is 10.2 Å². The second-order valence-corrected chi connectivity index (χ2v) is 8.08. The van der Waals surface area contributed by atoms with E-state index in [4.69, 9.17) is 14.7 Å². The molecule has 29 heavy (non-hydrogen) atoms. The molecule has 0 aliphatic carbocycles. The van der Waals surface area contributed by atoms with E-state index >= 15 is 0 Å². The average Bonchev–Trinajstić information content (AvgIpc) is 3.19. The Hall–Kier alpha value is -3.09. The van der Waals surface area contributed by atoms with Crippen LogP contribution in [0.25, 0.3) is 0 Å². The fourth-order valence-corrected chi connectivity index (χ4v) is 4.20. The molecule has 9 heteroatoms. The van der Waals surface area contributed by atoms with Gasteiger partial charge in [0.25, 0.3) is 0 Å². The van der Waals surface area contributed by atoms with Crippen molar-refractivity contribution in [3.63, 3.8) is 0 Å². The molecule has 3 rings (SSSR count). The Morgan fingerprint density at radius 3 is 2.52 bits per heavy atom. The number of amides is 1. The summed E-state index contributed by atoms with van der Waals surface area (Å²) in [7, 11) is 3.12. The largest absolute Gasteiger partial charge is 0.493 e. The zero-order valence-electron chi connectivity index (χ0n) is 15.8. The van der Waals surface area contributed by atoms with Gasteiger partial charge in [0, 0.05) is 5.75 Å². The van der Waals surface area contributed by atoms with Crippen molar-refractivity contribution < 1.29 is 14.3 Å². The molecule has 0 spiro atoms. The molecule has 2 aromatic carbocycles. The van der Waals surface area contributed by atoms with Gasteiger partial charge < -0.3 is 14.8 Å². The third-order valence-corrected chi connectivity index (χ3v) is 5.95. The van der Waals surface area contributed by atoms with Crippen LogP contribution in [0.4, 0.5) is 5.13 Å². The van der Waals surface area contributed by atoms with Gasteiger partial charge in [0.2, 0.25) is 11.0 Å². The van der Waals surface area contributed by atoms with Gasteiger partial charge in [0.1, 0.15) is 0 Å².